The zero-order valence-corrected chi connectivity index (χ0v) is 12.5. The highest BCUT2D eigenvalue weighted by atomic mass is 16.6. The lowest BCUT2D eigenvalue weighted by atomic mass is 10.1. The second kappa shape index (κ2) is 7.02. The van der Waals surface area contributed by atoms with Crippen LogP contribution in [0, 0.1) is 16.0 Å². The first-order valence-electron chi connectivity index (χ1n) is 7.34. The van der Waals surface area contributed by atoms with Gasteiger partial charge in [-0.1, -0.05) is 26.7 Å². The van der Waals surface area contributed by atoms with Gasteiger partial charge in [0, 0.05) is 36.1 Å². The lowest BCUT2D eigenvalue weighted by Gasteiger charge is -2.10. The second-order valence-electron chi connectivity index (χ2n) is 5.63. The summed E-state index contributed by atoms with van der Waals surface area (Å²) in [5.74, 6) is 0.733. The van der Waals surface area contributed by atoms with Gasteiger partial charge >= 0.3 is 0 Å². The van der Waals surface area contributed by atoms with Crippen LogP contribution in [0.1, 0.15) is 33.1 Å². The largest absolute Gasteiger partial charge is 0.385 e. The highest BCUT2D eigenvalue weighted by Gasteiger charge is 2.13. The Morgan fingerprint density at radius 3 is 2.76 bits per heavy atom. The molecule has 112 valence electrons. The van der Waals surface area contributed by atoms with E-state index in [0.29, 0.717) is 5.39 Å². The Kier molecular flexibility index (Phi) is 5.09. The number of anilines is 1. The normalized spacial score (nSPS) is 11.0. The van der Waals surface area contributed by atoms with Gasteiger partial charge in [-0.25, -0.2) is 0 Å². The van der Waals surface area contributed by atoms with Gasteiger partial charge in [-0.3, -0.25) is 15.1 Å². The smallest absolute Gasteiger partial charge is 0.278 e. The van der Waals surface area contributed by atoms with E-state index in [9.17, 15) is 10.1 Å². The van der Waals surface area contributed by atoms with Crippen molar-refractivity contribution in [1.29, 1.82) is 0 Å². The van der Waals surface area contributed by atoms with Crippen molar-refractivity contribution in [3.63, 3.8) is 0 Å². The maximum absolute atomic E-state index is 11.0. The molecule has 0 aliphatic heterocycles. The van der Waals surface area contributed by atoms with Gasteiger partial charge in [0.25, 0.3) is 5.69 Å². The highest BCUT2D eigenvalue weighted by molar-refractivity contribution is 5.99. The van der Waals surface area contributed by atoms with Gasteiger partial charge in [0.05, 0.1) is 10.3 Å². The van der Waals surface area contributed by atoms with Crippen molar-refractivity contribution in [3.8, 4) is 0 Å². The van der Waals surface area contributed by atoms with Crippen LogP contribution in [0.5, 0.6) is 0 Å². The molecule has 0 atom stereocenters. The van der Waals surface area contributed by atoms with Crippen molar-refractivity contribution in [1.82, 2.24) is 4.98 Å². The summed E-state index contributed by atoms with van der Waals surface area (Å²) in [6, 6.07) is 5.14. The molecule has 0 aliphatic rings. The van der Waals surface area contributed by atoms with Crippen molar-refractivity contribution < 1.29 is 4.92 Å². The Morgan fingerprint density at radius 2 is 2.05 bits per heavy atom. The molecule has 0 spiro atoms. The molecule has 0 aliphatic carbocycles. The molecule has 21 heavy (non-hydrogen) atoms. The highest BCUT2D eigenvalue weighted by Crippen LogP contribution is 2.30. The Balaban J connectivity index is 2.11. The Bertz CT molecular complexity index is 626. The fraction of sp³-hybridized carbons (Fsp3) is 0.438. The molecule has 1 heterocycles. The zero-order valence-electron chi connectivity index (χ0n) is 12.5. The summed E-state index contributed by atoms with van der Waals surface area (Å²) in [6.45, 7) is 5.33. The number of rotatable bonds is 7. The zero-order chi connectivity index (χ0) is 15.2. The molecule has 0 amide bonds. The molecule has 1 aromatic heterocycles. The average Bonchev–Trinajstić information content (AvgIpc) is 2.46. The molecule has 1 N–H and O–H groups in total. The van der Waals surface area contributed by atoms with Gasteiger partial charge in [0.1, 0.15) is 0 Å². The van der Waals surface area contributed by atoms with E-state index in [1.165, 1.54) is 12.8 Å². The molecule has 0 radical (unpaired) electrons. The fourth-order valence-electron chi connectivity index (χ4n) is 2.39. The number of fused-ring (bicyclic) bond motifs is 1. The number of hydrogen-bond donors (Lipinski definition) is 1. The van der Waals surface area contributed by atoms with E-state index in [2.05, 4.69) is 24.1 Å². The first kappa shape index (κ1) is 15.2. The third kappa shape index (κ3) is 3.90. The first-order chi connectivity index (χ1) is 10.1. The van der Waals surface area contributed by atoms with Crippen LogP contribution in [0.4, 0.5) is 11.4 Å². The lowest BCUT2D eigenvalue weighted by molar-refractivity contribution is -0.383. The number of nitrogens with zero attached hydrogens (tertiary/aromatic N) is 2. The Labute approximate surface area is 124 Å². The van der Waals surface area contributed by atoms with Gasteiger partial charge in [0.15, 0.2) is 0 Å². The van der Waals surface area contributed by atoms with Gasteiger partial charge in [-0.05, 0) is 24.5 Å². The molecule has 0 saturated heterocycles. The molecule has 0 saturated carbocycles. The summed E-state index contributed by atoms with van der Waals surface area (Å²) in [5.41, 5.74) is 1.03. The molecule has 0 unspecified atom stereocenters. The fourth-order valence-corrected chi connectivity index (χ4v) is 2.39. The first-order valence-corrected chi connectivity index (χ1v) is 7.34. The van der Waals surface area contributed by atoms with Crippen molar-refractivity contribution in [3.05, 3.63) is 40.7 Å². The van der Waals surface area contributed by atoms with Crippen molar-refractivity contribution >= 4 is 22.1 Å². The number of nitro benzene ring substituents is 1. The van der Waals surface area contributed by atoms with Crippen LogP contribution < -0.4 is 5.32 Å². The average molecular weight is 287 g/mol. The van der Waals surface area contributed by atoms with Crippen molar-refractivity contribution in [2.45, 2.75) is 33.1 Å². The topological polar surface area (TPSA) is 68.1 Å². The molecular weight excluding hydrogens is 266 g/mol. The number of nitro groups is 1. The van der Waals surface area contributed by atoms with Gasteiger partial charge in [-0.2, -0.15) is 0 Å². The van der Waals surface area contributed by atoms with Crippen molar-refractivity contribution in [2.24, 2.45) is 5.92 Å². The van der Waals surface area contributed by atoms with Crippen LogP contribution in [0.25, 0.3) is 10.8 Å². The molecule has 5 heteroatoms. The SMILES string of the molecule is CC(C)CCCCNc1ccc([N+](=O)[O-])c2cnccc12. The summed E-state index contributed by atoms with van der Waals surface area (Å²) >= 11 is 0. The molecule has 0 fully saturated rings. The van der Waals surface area contributed by atoms with Crippen LogP contribution in [-0.4, -0.2) is 16.5 Å². The molecule has 2 rings (SSSR count). The number of non-ortho nitro benzene ring substituents is 1. The third-order valence-electron chi connectivity index (χ3n) is 3.52. The predicted molar refractivity (Wildman–Crippen MR) is 85.6 cm³/mol. The van der Waals surface area contributed by atoms with Crippen LogP contribution in [0.15, 0.2) is 30.6 Å². The second-order valence-corrected chi connectivity index (χ2v) is 5.63. The summed E-state index contributed by atoms with van der Waals surface area (Å²) < 4.78 is 0. The Hall–Kier alpha value is -2.17. The number of nitrogens with one attached hydrogen (secondary N) is 1. The quantitative estimate of drug-likeness (QED) is 0.466. The van der Waals surface area contributed by atoms with E-state index in [0.717, 1.165) is 30.0 Å². The van der Waals surface area contributed by atoms with Crippen LogP contribution in [-0.2, 0) is 0 Å². The summed E-state index contributed by atoms with van der Waals surface area (Å²) in [6.07, 6.45) is 6.74. The number of pyridine rings is 1. The van der Waals surface area contributed by atoms with Gasteiger partial charge < -0.3 is 5.32 Å². The van der Waals surface area contributed by atoms with E-state index in [1.54, 1.807) is 24.5 Å². The van der Waals surface area contributed by atoms with Gasteiger partial charge in [0.2, 0.25) is 0 Å². The van der Waals surface area contributed by atoms with Crippen LogP contribution in [0.2, 0.25) is 0 Å². The molecule has 2 aromatic rings. The Morgan fingerprint density at radius 1 is 1.24 bits per heavy atom. The minimum atomic E-state index is -0.365. The van der Waals surface area contributed by atoms with E-state index in [-0.39, 0.29) is 10.6 Å². The minimum Gasteiger partial charge on any atom is -0.385 e. The molecule has 1 aromatic carbocycles. The lowest BCUT2D eigenvalue weighted by Crippen LogP contribution is -2.03. The number of benzene rings is 1. The molecule has 0 bridgehead atoms. The van der Waals surface area contributed by atoms with E-state index in [4.69, 9.17) is 0 Å². The summed E-state index contributed by atoms with van der Waals surface area (Å²) in [7, 11) is 0. The van der Waals surface area contributed by atoms with E-state index in [1.807, 2.05) is 6.07 Å². The van der Waals surface area contributed by atoms with Crippen LogP contribution >= 0.6 is 0 Å². The van der Waals surface area contributed by atoms with E-state index < -0.39 is 0 Å². The number of hydrogen-bond acceptors (Lipinski definition) is 4. The molecular formula is C16H21N3O2. The standard InChI is InChI=1S/C16H21N3O2/c1-12(2)5-3-4-9-18-15-6-7-16(19(20)21)14-11-17-10-8-13(14)15/h6-8,10-12,18H,3-5,9H2,1-2H3. The molecule has 5 nitrogen and oxygen atoms in total. The maximum Gasteiger partial charge on any atom is 0.278 e. The summed E-state index contributed by atoms with van der Waals surface area (Å²) in [4.78, 5) is 14.7. The maximum atomic E-state index is 11.0. The monoisotopic (exact) mass is 287 g/mol. The third-order valence-corrected chi connectivity index (χ3v) is 3.52. The predicted octanol–water partition coefficient (Wildman–Crippen LogP) is 4.38. The van der Waals surface area contributed by atoms with Crippen molar-refractivity contribution in [2.75, 3.05) is 11.9 Å². The van der Waals surface area contributed by atoms with Crippen LogP contribution in [0.3, 0.4) is 0 Å². The van der Waals surface area contributed by atoms with E-state index >= 15 is 0 Å². The van der Waals surface area contributed by atoms with Gasteiger partial charge in [-0.15, -0.1) is 0 Å². The summed E-state index contributed by atoms with van der Waals surface area (Å²) in [5, 5.41) is 15.9. The number of aromatic nitrogens is 1. The number of unbranched alkanes of at least 4 members (excludes halogenated alkanes) is 1. The minimum absolute atomic E-state index is 0.100.